The van der Waals surface area contributed by atoms with E-state index in [1.807, 2.05) is 0 Å². The smallest absolute Gasteiger partial charge is 0.318 e. The summed E-state index contributed by atoms with van der Waals surface area (Å²) >= 11 is 0. The number of aliphatic imine (C=N–C) groups is 2. The highest BCUT2D eigenvalue weighted by molar-refractivity contribution is 5.97. The Kier molecular flexibility index (Phi) is 7.80. The first kappa shape index (κ1) is 28.3. The molecule has 3 aliphatic heterocycles. The predicted molar refractivity (Wildman–Crippen MR) is 171 cm³/mol. The molecule has 1 atom stereocenters. The predicted octanol–water partition coefficient (Wildman–Crippen LogP) is 4.76. The molecule has 1 aliphatic carbocycles. The van der Waals surface area contributed by atoms with Gasteiger partial charge in [0.15, 0.2) is 0 Å². The molecule has 4 heterocycles. The van der Waals surface area contributed by atoms with Crippen molar-refractivity contribution in [3.05, 3.63) is 53.2 Å². The normalized spacial score (nSPS) is 21.3. The maximum Gasteiger partial charge on any atom is 0.318 e. The molecule has 9 heteroatoms. The molecule has 7 rings (SSSR count). The lowest BCUT2D eigenvalue weighted by Gasteiger charge is -2.58. The highest BCUT2D eigenvalue weighted by atomic mass is 16.5. The Morgan fingerprint density at radius 2 is 1.91 bits per heavy atom. The zero-order chi connectivity index (χ0) is 29.4. The van der Waals surface area contributed by atoms with Gasteiger partial charge in [0.25, 0.3) is 0 Å². The number of fused-ring (bicyclic) bond motifs is 2. The highest BCUT2D eigenvalue weighted by Crippen LogP contribution is 2.51. The van der Waals surface area contributed by atoms with E-state index in [-0.39, 0.29) is 0 Å². The molecule has 3 fully saturated rings. The summed E-state index contributed by atoms with van der Waals surface area (Å²) in [6, 6.07) is 17.4. The molecule has 3 aromatic rings. The third-order valence-corrected chi connectivity index (χ3v) is 9.94. The minimum Gasteiger partial charge on any atom is -0.462 e. The number of hydrogen-bond donors (Lipinski definition) is 0. The quantitative estimate of drug-likeness (QED) is 0.266. The van der Waals surface area contributed by atoms with E-state index in [0.717, 1.165) is 69.9 Å². The molecule has 43 heavy (non-hydrogen) atoms. The molecule has 2 aromatic carbocycles. The van der Waals surface area contributed by atoms with E-state index in [1.54, 1.807) is 7.11 Å². The van der Waals surface area contributed by atoms with Crippen LogP contribution in [0.15, 0.2) is 46.4 Å². The summed E-state index contributed by atoms with van der Waals surface area (Å²) in [7, 11) is 3.87. The van der Waals surface area contributed by atoms with E-state index in [0.29, 0.717) is 43.3 Å². The first-order valence-electron chi connectivity index (χ1n) is 15.8. The van der Waals surface area contributed by atoms with Crippen LogP contribution in [-0.2, 0) is 17.7 Å². The van der Waals surface area contributed by atoms with Crippen LogP contribution in [-0.4, -0.2) is 93.1 Å². The maximum atomic E-state index is 6.35. The lowest BCUT2D eigenvalue weighted by molar-refractivity contribution is 0.0668. The van der Waals surface area contributed by atoms with Crippen molar-refractivity contribution in [1.82, 2.24) is 14.9 Å². The number of likely N-dealkylation sites (tertiary alicyclic amines) is 1. The summed E-state index contributed by atoms with van der Waals surface area (Å²) in [5.74, 6) is 1.08. The first-order chi connectivity index (χ1) is 21.0. The van der Waals surface area contributed by atoms with Gasteiger partial charge in [-0.3, -0.25) is 0 Å². The molecule has 1 aromatic heterocycles. The SMILES string of the molecule is COCCN=C=NC1CC2(C1)CN(c1nc(OC[C@@H]3CCCN3C)nc3c1CCN(c1cccc4cccc(C)c14)C3)C2. The highest BCUT2D eigenvalue weighted by Gasteiger charge is 2.53. The van der Waals surface area contributed by atoms with Crippen molar-refractivity contribution < 1.29 is 9.47 Å². The Bertz CT molecular complexity index is 1530. The molecule has 0 bridgehead atoms. The van der Waals surface area contributed by atoms with Gasteiger partial charge in [-0.1, -0.05) is 30.3 Å². The molecule has 226 valence electrons. The number of rotatable bonds is 9. The van der Waals surface area contributed by atoms with Gasteiger partial charge in [0.1, 0.15) is 12.4 Å². The van der Waals surface area contributed by atoms with Crippen LogP contribution in [0.1, 0.15) is 42.5 Å². The van der Waals surface area contributed by atoms with Crippen LogP contribution < -0.4 is 14.5 Å². The van der Waals surface area contributed by atoms with Crippen LogP contribution in [0.25, 0.3) is 10.8 Å². The maximum absolute atomic E-state index is 6.35. The van der Waals surface area contributed by atoms with Crippen molar-refractivity contribution in [2.75, 3.05) is 69.9 Å². The fraction of sp³-hybridized carbons (Fsp3) is 0.559. The van der Waals surface area contributed by atoms with Crippen LogP contribution in [0, 0.1) is 12.3 Å². The lowest BCUT2D eigenvalue weighted by Crippen LogP contribution is -2.64. The number of benzene rings is 2. The molecule has 4 aliphatic rings. The van der Waals surface area contributed by atoms with Gasteiger partial charge < -0.3 is 24.2 Å². The van der Waals surface area contributed by atoms with Gasteiger partial charge in [-0.25, -0.2) is 9.98 Å². The summed E-state index contributed by atoms with van der Waals surface area (Å²) in [6.45, 7) is 8.93. The number of likely N-dealkylation sites (N-methyl/N-ethyl adjacent to an activating group) is 1. The molecule has 0 radical (unpaired) electrons. The molecule has 2 saturated heterocycles. The molecular weight excluding hydrogens is 538 g/mol. The Balaban J connectivity index is 1.11. The monoisotopic (exact) mass is 581 g/mol. The largest absolute Gasteiger partial charge is 0.462 e. The number of methoxy groups -OCH3 is 1. The van der Waals surface area contributed by atoms with E-state index in [1.165, 1.54) is 34.0 Å². The van der Waals surface area contributed by atoms with Crippen LogP contribution in [0.5, 0.6) is 6.01 Å². The summed E-state index contributed by atoms with van der Waals surface area (Å²) < 4.78 is 11.4. The fourth-order valence-corrected chi connectivity index (χ4v) is 7.56. The Morgan fingerprint density at radius 1 is 1.07 bits per heavy atom. The molecule has 1 spiro atoms. The summed E-state index contributed by atoms with van der Waals surface area (Å²) in [6.07, 6.45) is 5.50. The van der Waals surface area contributed by atoms with Crippen molar-refractivity contribution in [2.24, 2.45) is 15.4 Å². The number of ether oxygens (including phenoxy) is 2. The van der Waals surface area contributed by atoms with Gasteiger partial charge in [0.05, 0.1) is 37.4 Å². The van der Waals surface area contributed by atoms with Crippen LogP contribution in [0.2, 0.25) is 0 Å². The van der Waals surface area contributed by atoms with E-state index in [9.17, 15) is 0 Å². The van der Waals surface area contributed by atoms with Crippen LogP contribution in [0.3, 0.4) is 0 Å². The van der Waals surface area contributed by atoms with Crippen molar-refractivity contribution in [1.29, 1.82) is 0 Å². The van der Waals surface area contributed by atoms with Gasteiger partial charge in [-0.05, 0) is 69.6 Å². The van der Waals surface area contributed by atoms with Crippen molar-refractivity contribution >= 4 is 28.3 Å². The van der Waals surface area contributed by atoms with Gasteiger partial charge in [-0.15, -0.1) is 0 Å². The zero-order valence-corrected chi connectivity index (χ0v) is 25.8. The lowest BCUT2D eigenvalue weighted by atomic mass is 9.61. The van der Waals surface area contributed by atoms with Gasteiger partial charge >= 0.3 is 6.01 Å². The molecule has 0 amide bonds. The van der Waals surface area contributed by atoms with E-state index in [2.05, 4.69) is 81.1 Å². The average Bonchev–Trinajstić information content (AvgIpc) is 3.39. The average molecular weight is 582 g/mol. The first-order valence-corrected chi connectivity index (χ1v) is 15.8. The number of hydrogen-bond acceptors (Lipinski definition) is 9. The summed E-state index contributed by atoms with van der Waals surface area (Å²) in [5, 5.41) is 2.62. The van der Waals surface area contributed by atoms with Gasteiger partial charge in [0.2, 0.25) is 0 Å². The second-order valence-electron chi connectivity index (χ2n) is 13.0. The molecular formula is C34H43N7O2. The van der Waals surface area contributed by atoms with Crippen LogP contribution in [0.4, 0.5) is 11.5 Å². The number of aryl methyl sites for hydroxylation is 1. The third-order valence-electron chi connectivity index (χ3n) is 9.94. The van der Waals surface area contributed by atoms with Crippen molar-refractivity contribution in [2.45, 2.75) is 57.7 Å². The second-order valence-corrected chi connectivity index (χ2v) is 13.0. The minimum atomic E-state index is 0.327. The molecule has 0 unspecified atom stereocenters. The van der Waals surface area contributed by atoms with E-state index >= 15 is 0 Å². The Hall–Kier alpha value is -3.52. The summed E-state index contributed by atoms with van der Waals surface area (Å²) in [4.78, 5) is 26.2. The number of nitrogens with zero attached hydrogens (tertiary/aromatic N) is 7. The van der Waals surface area contributed by atoms with Gasteiger partial charge in [0, 0.05) is 54.8 Å². The standard InChI is InChI=1S/C34H43N7O2/c1-24-7-4-8-25-9-5-11-30(31(24)25)40-15-12-28-29(19-40)37-33(43-20-27-10-6-14-39(27)2)38-32(28)41-21-34(22-41)17-26(18-34)36-23-35-13-16-42-3/h4-5,7-9,11,26-27H,6,10,12-22H2,1-3H3/t27-/m0/s1. The van der Waals surface area contributed by atoms with E-state index in [4.69, 9.17) is 19.4 Å². The molecule has 9 nitrogen and oxygen atoms in total. The Labute approximate surface area is 254 Å². The summed E-state index contributed by atoms with van der Waals surface area (Å²) in [5.41, 5.74) is 5.30. The molecule has 0 N–H and O–H groups in total. The zero-order valence-electron chi connectivity index (χ0n) is 25.8. The van der Waals surface area contributed by atoms with Crippen molar-refractivity contribution in [3.8, 4) is 6.01 Å². The minimum absolute atomic E-state index is 0.327. The topological polar surface area (TPSA) is 78.7 Å². The second kappa shape index (κ2) is 11.9. The van der Waals surface area contributed by atoms with Crippen molar-refractivity contribution in [3.63, 3.8) is 0 Å². The third kappa shape index (κ3) is 5.62. The number of aromatic nitrogens is 2. The van der Waals surface area contributed by atoms with Gasteiger partial charge in [-0.2, -0.15) is 9.97 Å². The Morgan fingerprint density at radius 3 is 2.70 bits per heavy atom. The van der Waals surface area contributed by atoms with Crippen LogP contribution >= 0.6 is 0 Å². The fourth-order valence-electron chi connectivity index (χ4n) is 7.56. The molecule has 1 saturated carbocycles. The number of anilines is 2. The van der Waals surface area contributed by atoms with E-state index < -0.39 is 0 Å².